The van der Waals surface area contributed by atoms with Crippen molar-refractivity contribution < 1.29 is 14.1 Å². The molecule has 1 heterocycles. The molecule has 1 saturated heterocycles. The lowest BCUT2D eigenvalue weighted by Crippen LogP contribution is -2.48. The highest BCUT2D eigenvalue weighted by Gasteiger charge is 2.30. The summed E-state index contributed by atoms with van der Waals surface area (Å²) in [4.78, 5) is 24.1. The Balaban J connectivity index is 2.27. The zero-order valence-electron chi connectivity index (χ0n) is 11.1. The molecule has 1 aliphatic heterocycles. The quantitative estimate of drug-likeness (QED) is 0.657. The first-order chi connectivity index (χ1) is 9.40. The lowest BCUT2D eigenvalue weighted by atomic mass is 9.94. The predicted molar refractivity (Wildman–Crippen MR) is 70.7 cm³/mol. The number of hydrogen-bond acceptors (Lipinski definition) is 4. The molecule has 0 bridgehead atoms. The standard InChI is InChI=1S/C13H16FN3O3/c1-8-7-16(5-4-11(8)15)13(18)10-3-2-9(14)6-12(10)17(19)20/h2-3,6,8,11H,4-5,7,15H2,1H3. The number of rotatable bonds is 2. The van der Waals surface area contributed by atoms with E-state index in [1.165, 1.54) is 4.90 Å². The van der Waals surface area contributed by atoms with Gasteiger partial charge in [0.25, 0.3) is 11.6 Å². The molecule has 1 aromatic rings. The molecule has 0 spiro atoms. The molecule has 0 saturated carbocycles. The van der Waals surface area contributed by atoms with Crippen LogP contribution in [0.3, 0.4) is 0 Å². The first-order valence-corrected chi connectivity index (χ1v) is 6.39. The van der Waals surface area contributed by atoms with Crippen LogP contribution in [0.2, 0.25) is 0 Å². The van der Waals surface area contributed by atoms with Crippen molar-refractivity contribution >= 4 is 11.6 Å². The first kappa shape index (κ1) is 14.4. The number of likely N-dealkylation sites (tertiary alicyclic amines) is 1. The van der Waals surface area contributed by atoms with Crippen LogP contribution in [0.1, 0.15) is 23.7 Å². The molecule has 0 radical (unpaired) electrons. The molecule has 20 heavy (non-hydrogen) atoms. The van der Waals surface area contributed by atoms with Gasteiger partial charge in [-0.05, 0) is 24.5 Å². The molecule has 6 nitrogen and oxygen atoms in total. The number of halogens is 1. The molecular formula is C13H16FN3O3. The summed E-state index contributed by atoms with van der Waals surface area (Å²) in [5.41, 5.74) is 5.30. The second-order valence-electron chi connectivity index (χ2n) is 5.10. The summed E-state index contributed by atoms with van der Waals surface area (Å²) in [5.74, 6) is -1.05. The van der Waals surface area contributed by atoms with Gasteiger partial charge in [0.1, 0.15) is 11.4 Å². The molecule has 0 aromatic heterocycles. The fourth-order valence-corrected chi connectivity index (χ4v) is 2.36. The normalized spacial score (nSPS) is 22.6. The minimum Gasteiger partial charge on any atom is -0.338 e. The van der Waals surface area contributed by atoms with Gasteiger partial charge in [0.05, 0.1) is 11.0 Å². The predicted octanol–water partition coefficient (Wildman–Crippen LogP) is 1.54. The van der Waals surface area contributed by atoms with Crippen LogP contribution in [0.4, 0.5) is 10.1 Å². The lowest BCUT2D eigenvalue weighted by molar-refractivity contribution is -0.385. The van der Waals surface area contributed by atoms with Crippen molar-refractivity contribution in [3.05, 3.63) is 39.7 Å². The fraction of sp³-hybridized carbons (Fsp3) is 0.462. The van der Waals surface area contributed by atoms with Crippen molar-refractivity contribution in [1.82, 2.24) is 4.90 Å². The van der Waals surface area contributed by atoms with Crippen molar-refractivity contribution in [2.45, 2.75) is 19.4 Å². The monoisotopic (exact) mass is 281 g/mol. The lowest BCUT2D eigenvalue weighted by Gasteiger charge is -2.35. The second kappa shape index (κ2) is 5.54. The maximum absolute atomic E-state index is 13.1. The van der Waals surface area contributed by atoms with E-state index in [1.54, 1.807) is 0 Å². The van der Waals surface area contributed by atoms with Crippen LogP contribution in [-0.2, 0) is 0 Å². The third-order valence-corrected chi connectivity index (χ3v) is 3.65. The Kier molecular flexibility index (Phi) is 3.99. The summed E-state index contributed by atoms with van der Waals surface area (Å²) in [7, 11) is 0. The van der Waals surface area contributed by atoms with Gasteiger partial charge in [-0.15, -0.1) is 0 Å². The maximum atomic E-state index is 13.1. The highest BCUT2D eigenvalue weighted by molar-refractivity contribution is 5.98. The van der Waals surface area contributed by atoms with E-state index >= 15 is 0 Å². The van der Waals surface area contributed by atoms with Crippen LogP contribution < -0.4 is 5.73 Å². The molecule has 1 aromatic carbocycles. The number of carbonyl (C=O) groups is 1. The number of nitro benzene ring substituents is 1. The van der Waals surface area contributed by atoms with Gasteiger partial charge < -0.3 is 10.6 Å². The van der Waals surface area contributed by atoms with Crippen molar-refractivity contribution in [1.29, 1.82) is 0 Å². The van der Waals surface area contributed by atoms with Crippen molar-refractivity contribution in [3.8, 4) is 0 Å². The molecule has 0 aliphatic carbocycles. The van der Waals surface area contributed by atoms with Crippen LogP contribution in [0, 0.1) is 21.8 Å². The molecule has 108 valence electrons. The van der Waals surface area contributed by atoms with Crippen molar-refractivity contribution in [2.75, 3.05) is 13.1 Å². The highest BCUT2D eigenvalue weighted by atomic mass is 19.1. The summed E-state index contributed by atoms with van der Waals surface area (Å²) in [6, 6.07) is 3.02. The molecule has 1 aliphatic rings. The largest absolute Gasteiger partial charge is 0.338 e. The summed E-state index contributed by atoms with van der Waals surface area (Å²) in [6.45, 7) is 2.84. The Bertz CT molecular complexity index is 550. The summed E-state index contributed by atoms with van der Waals surface area (Å²) < 4.78 is 13.1. The van der Waals surface area contributed by atoms with Gasteiger partial charge in [0.15, 0.2) is 0 Å². The Morgan fingerprint density at radius 2 is 2.25 bits per heavy atom. The number of benzene rings is 1. The molecule has 7 heteroatoms. The number of nitro groups is 1. The summed E-state index contributed by atoms with van der Waals surface area (Å²) in [6.07, 6.45) is 0.655. The third kappa shape index (κ3) is 2.77. The number of hydrogen-bond donors (Lipinski definition) is 1. The second-order valence-corrected chi connectivity index (χ2v) is 5.10. The summed E-state index contributed by atoms with van der Waals surface area (Å²) >= 11 is 0. The number of nitrogens with two attached hydrogens (primary N) is 1. The van der Waals surface area contributed by atoms with Crippen LogP contribution in [0.5, 0.6) is 0 Å². The van der Waals surface area contributed by atoms with Gasteiger partial charge >= 0.3 is 0 Å². The SMILES string of the molecule is CC1CN(C(=O)c2ccc(F)cc2[N+](=O)[O-])CCC1N. The highest BCUT2D eigenvalue weighted by Crippen LogP contribution is 2.24. The molecule has 2 N–H and O–H groups in total. The average molecular weight is 281 g/mol. The van der Waals surface area contributed by atoms with Crippen LogP contribution in [0.25, 0.3) is 0 Å². The number of amides is 1. The van der Waals surface area contributed by atoms with Crippen molar-refractivity contribution in [3.63, 3.8) is 0 Å². The first-order valence-electron chi connectivity index (χ1n) is 6.39. The molecular weight excluding hydrogens is 265 g/mol. The van der Waals surface area contributed by atoms with E-state index in [4.69, 9.17) is 5.73 Å². The average Bonchev–Trinajstić information content (AvgIpc) is 2.41. The minimum atomic E-state index is -0.741. The Morgan fingerprint density at radius 3 is 2.85 bits per heavy atom. The Labute approximate surface area is 115 Å². The van der Waals surface area contributed by atoms with Crippen molar-refractivity contribution in [2.24, 2.45) is 11.7 Å². The van der Waals surface area contributed by atoms with E-state index in [-0.39, 0.29) is 17.5 Å². The van der Waals surface area contributed by atoms with E-state index in [0.717, 1.165) is 18.2 Å². The zero-order chi connectivity index (χ0) is 14.9. The van der Waals surface area contributed by atoms with Crippen LogP contribution in [0.15, 0.2) is 18.2 Å². The van der Waals surface area contributed by atoms with Gasteiger partial charge in [0, 0.05) is 19.1 Å². The minimum absolute atomic E-state index is 0.0299. The van der Waals surface area contributed by atoms with E-state index in [2.05, 4.69) is 0 Å². The summed E-state index contributed by atoms with van der Waals surface area (Å²) in [5, 5.41) is 10.9. The zero-order valence-corrected chi connectivity index (χ0v) is 11.1. The number of nitrogens with zero attached hydrogens (tertiary/aromatic N) is 2. The van der Waals surface area contributed by atoms with Gasteiger partial charge in [-0.2, -0.15) is 0 Å². The molecule has 1 fully saturated rings. The van der Waals surface area contributed by atoms with E-state index in [9.17, 15) is 19.3 Å². The number of carbonyl (C=O) groups excluding carboxylic acids is 1. The van der Waals surface area contributed by atoms with Gasteiger partial charge in [-0.25, -0.2) is 4.39 Å². The molecule has 2 atom stereocenters. The molecule has 2 unspecified atom stereocenters. The molecule has 1 amide bonds. The Morgan fingerprint density at radius 1 is 1.55 bits per heavy atom. The molecule has 2 rings (SSSR count). The number of piperidine rings is 1. The van der Waals surface area contributed by atoms with Gasteiger partial charge in [0.2, 0.25) is 0 Å². The maximum Gasteiger partial charge on any atom is 0.285 e. The topological polar surface area (TPSA) is 89.5 Å². The van der Waals surface area contributed by atoms with E-state index in [1.807, 2.05) is 6.92 Å². The van der Waals surface area contributed by atoms with Crippen LogP contribution in [-0.4, -0.2) is 34.9 Å². The van der Waals surface area contributed by atoms with Crippen LogP contribution >= 0.6 is 0 Å². The van der Waals surface area contributed by atoms with E-state index < -0.39 is 22.3 Å². The Hall–Kier alpha value is -2.02. The fourth-order valence-electron chi connectivity index (χ4n) is 2.36. The van der Waals surface area contributed by atoms with E-state index in [0.29, 0.717) is 19.5 Å². The smallest absolute Gasteiger partial charge is 0.285 e. The third-order valence-electron chi connectivity index (χ3n) is 3.65. The van der Waals surface area contributed by atoms with Gasteiger partial charge in [-0.1, -0.05) is 6.92 Å². The van der Waals surface area contributed by atoms with Gasteiger partial charge in [-0.3, -0.25) is 14.9 Å².